The van der Waals surface area contributed by atoms with Crippen LogP contribution >= 0.6 is 0 Å². The summed E-state index contributed by atoms with van der Waals surface area (Å²) >= 11 is 0. The second-order valence-corrected chi connectivity index (χ2v) is 10.2. The molecule has 2 aliphatic heterocycles. The van der Waals surface area contributed by atoms with Crippen LogP contribution in [0, 0.1) is 25.5 Å². The van der Waals surface area contributed by atoms with Gasteiger partial charge in [0.2, 0.25) is 15.9 Å². The molecule has 0 radical (unpaired) electrons. The van der Waals surface area contributed by atoms with Gasteiger partial charge in [-0.25, -0.2) is 22.2 Å². The van der Waals surface area contributed by atoms with Crippen LogP contribution in [0.5, 0.6) is 0 Å². The third kappa shape index (κ3) is 4.45. The van der Waals surface area contributed by atoms with Gasteiger partial charge in [-0.05, 0) is 43.2 Å². The molecule has 1 fully saturated rings. The largest absolute Gasteiger partial charge is 0.335 e. The molecule has 1 saturated heterocycles. The summed E-state index contributed by atoms with van der Waals surface area (Å²) in [5.41, 5.74) is 2.61. The van der Waals surface area contributed by atoms with Crippen LogP contribution in [-0.2, 0) is 19.6 Å². The fourth-order valence-electron chi connectivity index (χ4n) is 4.02. The summed E-state index contributed by atoms with van der Waals surface area (Å²) in [7, 11) is -4.40. The minimum absolute atomic E-state index is 0.0323. The first-order valence-corrected chi connectivity index (χ1v) is 12.2. The summed E-state index contributed by atoms with van der Waals surface area (Å²) in [6.07, 6.45) is 0.302. The Hall–Kier alpha value is -3.18. The maximum atomic E-state index is 14.1. The third-order valence-corrected chi connectivity index (χ3v) is 7.87. The van der Waals surface area contributed by atoms with Crippen molar-refractivity contribution in [3.8, 4) is 0 Å². The third-order valence-electron chi connectivity index (χ3n) is 5.91. The van der Waals surface area contributed by atoms with E-state index in [-0.39, 0.29) is 50.6 Å². The van der Waals surface area contributed by atoms with Crippen molar-refractivity contribution in [2.75, 3.05) is 31.2 Å². The molecule has 2 heterocycles. The number of carbonyl (C=O) groups excluding carboxylic acids is 2. The molecule has 0 spiro atoms. The van der Waals surface area contributed by atoms with Crippen LogP contribution in [0.1, 0.15) is 24.0 Å². The van der Waals surface area contributed by atoms with Gasteiger partial charge in [0.15, 0.2) is 4.90 Å². The number of aryl methyl sites for hydroxylation is 2. The predicted molar refractivity (Wildman–Crippen MR) is 122 cm³/mol. The van der Waals surface area contributed by atoms with Crippen molar-refractivity contribution in [2.45, 2.75) is 31.6 Å². The highest BCUT2D eigenvalue weighted by Gasteiger charge is 2.36. The van der Waals surface area contributed by atoms with Crippen LogP contribution in [0.25, 0.3) is 0 Å². The molecule has 2 aromatic rings. The molecule has 34 heavy (non-hydrogen) atoms. The molecule has 0 saturated carbocycles. The van der Waals surface area contributed by atoms with E-state index in [1.807, 2.05) is 32.0 Å². The molecule has 0 aliphatic carbocycles. The molecule has 2 aromatic carbocycles. The molecule has 11 heteroatoms. The molecule has 8 nitrogen and oxygen atoms in total. The predicted octanol–water partition coefficient (Wildman–Crippen LogP) is 2.60. The summed E-state index contributed by atoms with van der Waals surface area (Å²) in [6, 6.07) is 8.50. The van der Waals surface area contributed by atoms with Crippen molar-refractivity contribution in [3.63, 3.8) is 0 Å². The molecule has 0 aromatic heterocycles. The van der Waals surface area contributed by atoms with E-state index in [1.54, 1.807) is 0 Å². The van der Waals surface area contributed by atoms with Gasteiger partial charge in [0.1, 0.15) is 17.3 Å². The summed E-state index contributed by atoms with van der Waals surface area (Å²) in [6.45, 7) is 3.58. The SMILES string of the molecule is Cc1ccc(C)c(N2N=C(C(=O)N3CCN(S(=O)(=O)c4c(F)cccc4F)CC3)CCC2=O)c1. The van der Waals surface area contributed by atoms with Gasteiger partial charge in [0.25, 0.3) is 5.91 Å². The van der Waals surface area contributed by atoms with E-state index < -0.39 is 32.5 Å². The lowest BCUT2D eigenvalue weighted by atomic mass is 10.1. The van der Waals surface area contributed by atoms with Crippen LogP contribution in [0.15, 0.2) is 46.4 Å². The maximum absolute atomic E-state index is 14.1. The molecule has 0 bridgehead atoms. The molecular formula is C23H24F2N4O4S. The van der Waals surface area contributed by atoms with E-state index in [0.29, 0.717) is 5.69 Å². The first-order chi connectivity index (χ1) is 16.1. The van der Waals surface area contributed by atoms with Gasteiger partial charge in [-0.1, -0.05) is 18.2 Å². The Morgan fingerprint density at radius 1 is 0.971 bits per heavy atom. The number of carbonyl (C=O) groups is 2. The summed E-state index contributed by atoms with van der Waals surface area (Å²) < 4.78 is 54.6. The number of rotatable bonds is 4. The molecule has 2 amide bonds. The van der Waals surface area contributed by atoms with Crippen molar-refractivity contribution in [1.82, 2.24) is 9.21 Å². The Labute approximate surface area is 196 Å². The fraction of sp³-hybridized carbons (Fsp3) is 0.348. The molecule has 2 aliphatic rings. The Kier molecular flexibility index (Phi) is 6.50. The highest BCUT2D eigenvalue weighted by molar-refractivity contribution is 7.89. The van der Waals surface area contributed by atoms with Gasteiger partial charge in [0, 0.05) is 39.0 Å². The first-order valence-electron chi connectivity index (χ1n) is 10.8. The second-order valence-electron chi connectivity index (χ2n) is 8.29. The van der Waals surface area contributed by atoms with E-state index in [2.05, 4.69) is 5.10 Å². The highest BCUT2D eigenvalue weighted by atomic mass is 32.2. The summed E-state index contributed by atoms with van der Waals surface area (Å²) in [5, 5.41) is 5.58. The number of hydrazone groups is 1. The van der Waals surface area contributed by atoms with Crippen LogP contribution in [0.4, 0.5) is 14.5 Å². The van der Waals surface area contributed by atoms with Crippen molar-refractivity contribution >= 4 is 33.2 Å². The van der Waals surface area contributed by atoms with Crippen molar-refractivity contribution in [2.24, 2.45) is 5.10 Å². The minimum Gasteiger partial charge on any atom is -0.335 e. The number of nitrogens with zero attached hydrogens (tertiary/aromatic N) is 4. The monoisotopic (exact) mass is 490 g/mol. The number of piperazine rings is 1. The quantitative estimate of drug-likeness (QED) is 0.659. The van der Waals surface area contributed by atoms with E-state index in [0.717, 1.165) is 33.6 Å². The van der Waals surface area contributed by atoms with E-state index in [4.69, 9.17) is 0 Å². The molecule has 4 rings (SSSR count). The number of amides is 2. The average molecular weight is 491 g/mol. The number of benzene rings is 2. The van der Waals surface area contributed by atoms with Gasteiger partial charge in [-0.2, -0.15) is 9.41 Å². The lowest BCUT2D eigenvalue weighted by Crippen LogP contribution is -2.53. The number of sulfonamides is 1. The normalized spacial score (nSPS) is 17.6. The zero-order valence-corrected chi connectivity index (χ0v) is 19.6. The van der Waals surface area contributed by atoms with Gasteiger partial charge in [0.05, 0.1) is 5.69 Å². The van der Waals surface area contributed by atoms with Gasteiger partial charge >= 0.3 is 0 Å². The van der Waals surface area contributed by atoms with Crippen LogP contribution in [-0.4, -0.2) is 61.3 Å². The van der Waals surface area contributed by atoms with E-state index in [1.165, 1.54) is 9.91 Å². The Morgan fingerprint density at radius 2 is 1.62 bits per heavy atom. The Bertz CT molecular complexity index is 1270. The summed E-state index contributed by atoms with van der Waals surface area (Å²) in [4.78, 5) is 26.0. The zero-order chi connectivity index (χ0) is 24.6. The lowest BCUT2D eigenvalue weighted by Gasteiger charge is -2.35. The number of anilines is 1. The molecule has 0 unspecified atom stereocenters. The number of halogens is 2. The second kappa shape index (κ2) is 9.22. The number of hydrogen-bond acceptors (Lipinski definition) is 5. The number of hydrogen-bond donors (Lipinski definition) is 0. The average Bonchev–Trinajstić information content (AvgIpc) is 2.80. The zero-order valence-electron chi connectivity index (χ0n) is 18.8. The van der Waals surface area contributed by atoms with Gasteiger partial charge in [-0.15, -0.1) is 0 Å². The summed E-state index contributed by atoms with van der Waals surface area (Å²) in [5.74, 6) is -2.93. The topological polar surface area (TPSA) is 90.4 Å². The van der Waals surface area contributed by atoms with Crippen LogP contribution < -0.4 is 5.01 Å². The Balaban J connectivity index is 1.50. The smallest absolute Gasteiger partial charge is 0.270 e. The minimum atomic E-state index is -4.40. The van der Waals surface area contributed by atoms with Crippen molar-refractivity contribution in [1.29, 1.82) is 0 Å². The van der Waals surface area contributed by atoms with Crippen molar-refractivity contribution in [3.05, 3.63) is 59.2 Å². The van der Waals surface area contributed by atoms with Gasteiger partial charge in [-0.3, -0.25) is 9.59 Å². The fourth-order valence-corrected chi connectivity index (χ4v) is 5.55. The van der Waals surface area contributed by atoms with E-state index >= 15 is 0 Å². The highest BCUT2D eigenvalue weighted by Crippen LogP contribution is 2.27. The van der Waals surface area contributed by atoms with Gasteiger partial charge < -0.3 is 4.90 Å². The molecule has 0 N–H and O–H groups in total. The first kappa shape index (κ1) is 24.0. The van der Waals surface area contributed by atoms with E-state index in [9.17, 15) is 26.8 Å². The maximum Gasteiger partial charge on any atom is 0.270 e. The standard InChI is InChI=1S/C23H24F2N4O4S/c1-15-6-7-16(2)20(14-15)29-21(30)9-8-19(26-29)23(31)27-10-12-28(13-11-27)34(32,33)22-17(24)4-3-5-18(22)25/h3-7,14H,8-13H2,1-2H3. The molecule has 180 valence electrons. The molecular weight excluding hydrogens is 466 g/mol. The lowest BCUT2D eigenvalue weighted by molar-refractivity contribution is -0.125. The van der Waals surface area contributed by atoms with Crippen LogP contribution in [0.2, 0.25) is 0 Å². The Morgan fingerprint density at radius 3 is 2.26 bits per heavy atom. The molecule has 0 atom stereocenters. The van der Waals surface area contributed by atoms with Crippen LogP contribution in [0.3, 0.4) is 0 Å². The van der Waals surface area contributed by atoms with Crippen molar-refractivity contribution < 1.29 is 26.8 Å².